The molecule has 0 amide bonds. The number of morpholine rings is 1. The van der Waals surface area contributed by atoms with Crippen LogP contribution in [0.15, 0.2) is 54.6 Å². The van der Waals surface area contributed by atoms with Crippen LogP contribution >= 0.6 is 7.80 Å². The number of nitrogens with zero attached hydrogens (tertiary/aromatic N) is 2. The molecule has 0 bridgehead atoms. The van der Waals surface area contributed by atoms with E-state index < -0.39 is 7.80 Å². The lowest BCUT2D eigenvalue weighted by molar-refractivity contribution is 0.122. The number of hydrogen-bond acceptors (Lipinski definition) is 4. The van der Waals surface area contributed by atoms with Gasteiger partial charge in [-0.2, -0.15) is 0 Å². The smallest absolute Gasteiger partial charge is 0.0851 e. The van der Waals surface area contributed by atoms with Crippen molar-refractivity contribution in [2.24, 2.45) is 0 Å². The molecule has 3 atom stereocenters. The summed E-state index contributed by atoms with van der Waals surface area (Å²) in [7, 11) is 2.49. The third kappa shape index (κ3) is 6.50. The summed E-state index contributed by atoms with van der Waals surface area (Å²) in [6.07, 6.45) is 6.05. The maximum absolute atomic E-state index is 14.0. The summed E-state index contributed by atoms with van der Waals surface area (Å²) in [5, 5.41) is 0. The zero-order chi connectivity index (χ0) is 23.7. The van der Waals surface area contributed by atoms with E-state index in [2.05, 4.69) is 92.3 Å². The maximum atomic E-state index is 14.0. The van der Waals surface area contributed by atoms with Crippen LogP contribution in [0.2, 0.25) is 0 Å². The van der Waals surface area contributed by atoms with Gasteiger partial charge in [-0.15, -0.1) is 0 Å². The van der Waals surface area contributed by atoms with Crippen LogP contribution in [0, 0.1) is 0 Å². The summed E-state index contributed by atoms with van der Waals surface area (Å²) >= 11 is 0. The summed E-state index contributed by atoms with van der Waals surface area (Å²) in [6.45, 7) is 7.91. The second-order valence-electron chi connectivity index (χ2n) is 9.56. The molecule has 33 heavy (non-hydrogen) atoms. The van der Waals surface area contributed by atoms with Crippen molar-refractivity contribution in [3.8, 4) is 0 Å². The Morgan fingerprint density at radius 2 is 1.67 bits per heavy atom. The van der Waals surface area contributed by atoms with Crippen molar-refractivity contribution in [3.05, 3.63) is 65.7 Å². The monoisotopic (exact) mass is 470 g/mol. The van der Waals surface area contributed by atoms with E-state index in [4.69, 9.17) is 4.74 Å². The minimum Gasteiger partial charge on any atom is -0.378 e. The molecule has 0 radical (unpaired) electrons. The predicted molar refractivity (Wildman–Crippen MR) is 142 cm³/mol. The first kappa shape index (κ1) is 26.0. The molecule has 3 unspecified atom stereocenters. The second kappa shape index (κ2) is 12.7. The van der Waals surface area contributed by atoms with E-state index in [1.807, 2.05) is 0 Å². The van der Waals surface area contributed by atoms with Crippen LogP contribution in [0.1, 0.15) is 56.3 Å². The molecule has 0 aliphatic carbocycles. The molecule has 1 fully saturated rings. The standard InChI is InChI=1S/C28H43N2O2P/c1-5-7-11-22-33(31)27(25-14-16-26(17-15-25)30-18-20-32-21-19-30)28(6-2,29(3)4)23-24-12-9-8-10-13-24/h8-10,12-17,27,33H,5-7,11,18-23H2,1-4H3. The number of unbranched alkanes of at least 4 members (excludes halogenated alkanes) is 2. The van der Waals surface area contributed by atoms with E-state index in [-0.39, 0.29) is 11.2 Å². The highest BCUT2D eigenvalue weighted by atomic mass is 31.1. The molecule has 1 aliphatic rings. The highest BCUT2D eigenvalue weighted by Gasteiger charge is 2.43. The Balaban J connectivity index is 1.98. The van der Waals surface area contributed by atoms with Crippen LogP contribution in [0.4, 0.5) is 5.69 Å². The van der Waals surface area contributed by atoms with Gasteiger partial charge in [0.25, 0.3) is 0 Å². The van der Waals surface area contributed by atoms with E-state index >= 15 is 0 Å². The Morgan fingerprint density at radius 3 is 2.24 bits per heavy atom. The van der Waals surface area contributed by atoms with Crippen molar-refractivity contribution < 1.29 is 9.30 Å². The molecular formula is C28H43N2O2P. The molecular weight excluding hydrogens is 427 g/mol. The first-order chi connectivity index (χ1) is 16.0. The first-order valence-corrected chi connectivity index (χ1v) is 14.4. The molecule has 2 aromatic carbocycles. The predicted octanol–water partition coefficient (Wildman–Crippen LogP) is 6.27. The average molecular weight is 471 g/mol. The third-order valence-corrected chi connectivity index (χ3v) is 9.71. The highest BCUT2D eigenvalue weighted by molar-refractivity contribution is 7.45. The minimum atomic E-state index is -1.85. The summed E-state index contributed by atoms with van der Waals surface area (Å²) in [5.74, 6) is 0. The zero-order valence-corrected chi connectivity index (χ0v) is 22.1. The van der Waals surface area contributed by atoms with Crippen LogP contribution in [-0.4, -0.2) is 57.0 Å². The summed E-state index contributed by atoms with van der Waals surface area (Å²) in [4.78, 5) is 4.73. The Bertz CT molecular complexity index is 850. The van der Waals surface area contributed by atoms with Gasteiger partial charge in [-0.05, 0) is 62.8 Å². The molecule has 3 rings (SSSR count). The number of hydrogen-bond donors (Lipinski definition) is 0. The molecule has 0 aromatic heterocycles. The van der Waals surface area contributed by atoms with Crippen molar-refractivity contribution in [2.75, 3.05) is 51.5 Å². The first-order valence-electron chi connectivity index (χ1n) is 12.7. The fourth-order valence-corrected chi connectivity index (χ4v) is 7.92. The highest BCUT2D eigenvalue weighted by Crippen LogP contribution is 2.53. The molecule has 0 spiro atoms. The van der Waals surface area contributed by atoms with E-state index in [0.29, 0.717) is 0 Å². The quantitative estimate of drug-likeness (QED) is 0.270. The molecule has 1 saturated heterocycles. The van der Waals surface area contributed by atoms with Crippen molar-refractivity contribution >= 4 is 13.5 Å². The molecule has 182 valence electrons. The molecule has 5 heteroatoms. The molecule has 1 aliphatic heterocycles. The topological polar surface area (TPSA) is 32.8 Å². The van der Waals surface area contributed by atoms with Crippen LogP contribution in [0.3, 0.4) is 0 Å². The van der Waals surface area contributed by atoms with E-state index in [0.717, 1.165) is 64.6 Å². The van der Waals surface area contributed by atoms with Crippen molar-refractivity contribution in [3.63, 3.8) is 0 Å². The lowest BCUT2D eigenvalue weighted by Gasteiger charge is -2.46. The lowest BCUT2D eigenvalue weighted by atomic mass is 9.80. The molecule has 0 N–H and O–H groups in total. The zero-order valence-electron chi connectivity index (χ0n) is 21.1. The molecule has 2 aromatic rings. The van der Waals surface area contributed by atoms with Crippen LogP contribution in [-0.2, 0) is 15.7 Å². The van der Waals surface area contributed by atoms with E-state index in [1.165, 1.54) is 16.8 Å². The Kier molecular flexibility index (Phi) is 10.0. The Labute approximate surface area is 202 Å². The number of ether oxygens (including phenoxy) is 1. The van der Waals surface area contributed by atoms with Gasteiger partial charge in [0.1, 0.15) is 0 Å². The molecule has 0 saturated carbocycles. The fourth-order valence-electron chi connectivity index (χ4n) is 5.30. The fraction of sp³-hybridized carbons (Fsp3) is 0.571. The van der Waals surface area contributed by atoms with Crippen molar-refractivity contribution in [1.82, 2.24) is 4.90 Å². The summed E-state index contributed by atoms with van der Waals surface area (Å²) in [5.41, 5.74) is 3.61. The SMILES string of the molecule is CCCCC[PH](=O)C(c1ccc(N2CCOCC2)cc1)C(CC)(Cc1ccccc1)N(C)C. The summed E-state index contributed by atoms with van der Waals surface area (Å²) in [6, 6.07) is 19.7. The van der Waals surface area contributed by atoms with Crippen LogP contribution in [0.5, 0.6) is 0 Å². The normalized spacial score (nSPS) is 18.2. The van der Waals surface area contributed by atoms with E-state index in [9.17, 15) is 4.57 Å². The lowest BCUT2D eigenvalue weighted by Crippen LogP contribution is -2.50. The number of benzene rings is 2. The number of likely N-dealkylation sites (N-methyl/N-ethyl adjacent to an activating group) is 1. The van der Waals surface area contributed by atoms with Crippen molar-refractivity contribution in [2.45, 2.75) is 57.1 Å². The van der Waals surface area contributed by atoms with Gasteiger partial charge in [0.05, 0.1) is 26.7 Å². The van der Waals surface area contributed by atoms with Gasteiger partial charge in [0.15, 0.2) is 0 Å². The molecule has 4 nitrogen and oxygen atoms in total. The van der Waals surface area contributed by atoms with Gasteiger partial charge in [-0.25, -0.2) is 0 Å². The Hall–Kier alpha value is -1.61. The third-order valence-electron chi connectivity index (χ3n) is 7.34. The van der Waals surface area contributed by atoms with Gasteiger partial charge in [0, 0.05) is 24.3 Å². The average Bonchev–Trinajstić information content (AvgIpc) is 2.85. The molecule has 1 heterocycles. The second-order valence-corrected chi connectivity index (χ2v) is 11.6. The number of rotatable bonds is 12. The number of anilines is 1. The van der Waals surface area contributed by atoms with Gasteiger partial charge >= 0.3 is 0 Å². The van der Waals surface area contributed by atoms with Crippen LogP contribution in [0.25, 0.3) is 0 Å². The largest absolute Gasteiger partial charge is 0.378 e. The summed E-state index contributed by atoms with van der Waals surface area (Å²) < 4.78 is 19.6. The van der Waals surface area contributed by atoms with Gasteiger partial charge in [0.2, 0.25) is 0 Å². The van der Waals surface area contributed by atoms with Crippen LogP contribution < -0.4 is 4.90 Å². The van der Waals surface area contributed by atoms with Gasteiger partial charge in [-0.1, -0.05) is 69.2 Å². The van der Waals surface area contributed by atoms with Gasteiger partial charge < -0.3 is 19.1 Å². The van der Waals surface area contributed by atoms with E-state index in [1.54, 1.807) is 0 Å². The Morgan fingerprint density at radius 1 is 1.00 bits per heavy atom. The minimum absolute atomic E-state index is 0.0262. The van der Waals surface area contributed by atoms with Gasteiger partial charge in [-0.3, -0.25) is 0 Å². The maximum Gasteiger partial charge on any atom is 0.0851 e. The van der Waals surface area contributed by atoms with Crippen molar-refractivity contribution in [1.29, 1.82) is 0 Å².